The van der Waals surface area contributed by atoms with Gasteiger partial charge in [-0.05, 0) is 23.6 Å². The number of hydrogen-bond acceptors (Lipinski definition) is 1. The Balaban J connectivity index is 2.58. The van der Waals surface area contributed by atoms with Crippen LogP contribution in [0.15, 0.2) is 24.8 Å². The third-order valence-electron chi connectivity index (χ3n) is 2.12. The van der Waals surface area contributed by atoms with Crippen LogP contribution in [-0.2, 0) is 6.42 Å². The van der Waals surface area contributed by atoms with Crippen LogP contribution in [0.1, 0.15) is 11.1 Å². The molecule has 1 aliphatic rings. The summed E-state index contributed by atoms with van der Waals surface area (Å²) in [5.41, 5.74) is 3.97. The molecule has 0 saturated carbocycles. The van der Waals surface area contributed by atoms with E-state index in [1.54, 1.807) is 0 Å². The van der Waals surface area contributed by atoms with Crippen LogP contribution in [0.25, 0.3) is 6.08 Å². The van der Waals surface area contributed by atoms with E-state index in [4.69, 9.17) is 0 Å². The molecule has 56 valence electrons. The summed E-state index contributed by atoms with van der Waals surface area (Å²) in [6.07, 6.45) is 3.06. The zero-order valence-corrected chi connectivity index (χ0v) is 6.43. The molecule has 1 N–H and O–H groups in total. The molecule has 1 aliphatic heterocycles. The summed E-state index contributed by atoms with van der Waals surface area (Å²) in [4.78, 5) is 0. The molecule has 1 heteroatoms. The summed E-state index contributed by atoms with van der Waals surface area (Å²) in [6.45, 7) is 4.85. The highest BCUT2D eigenvalue weighted by Crippen LogP contribution is 2.25. The minimum Gasteiger partial charge on any atom is -0.384 e. The summed E-state index contributed by atoms with van der Waals surface area (Å²) in [5, 5.41) is 3.33. The van der Waals surface area contributed by atoms with Crippen LogP contribution in [0.4, 0.5) is 5.69 Å². The van der Waals surface area contributed by atoms with Crippen LogP contribution in [0, 0.1) is 0 Å². The van der Waals surface area contributed by atoms with Crippen molar-refractivity contribution in [3.05, 3.63) is 35.9 Å². The van der Waals surface area contributed by atoms with Crippen LogP contribution < -0.4 is 5.32 Å². The van der Waals surface area contributed by atoms with Crippen LogP contribution >= 0.6 is 0 Å². The highest BCUT2D eigenvalue weighted by molar-refractivity contribution is 5.66. The zero-order chi connectivity index (χ0) is 7.68. The Morgan fingerprint density at radius 1 is 1.45 bits per heavy atom. The largest absolute Gasteiger partial charge is 0.384 e. The van der Waals surface area contributed by atoms with E-state index in [0.29, 0.717) is 0 Å². The quantitative estimate of drug-likeness (QED) is 0.639. The predicted octanol–water partition coefficient (Wildman–Crippen LogP) is 2.30. The average Bonchev–Trinajstić information content (AvgIpc) is 2.50. The van der Waals surface area contributed by atoms with Gasteiger partial charge in [-0.1, -0.05) is 24.8 Å². The fourth-order valence-corrected chi connectivity index (χ4v) is 1.56. The van der Waals surface area contributed by atoms with Crippen LogP contribution in [-0.4, -0.2) is 6.54 Å². The van der Waals surface area contributed by atoms with E-state index in [0.717, 1.165) is 13.0 Å². The van der Waals surface area contributed by atoms with E-state index in [2.05, 4.69) is 30.1 Å². The van der Waals surface area contributed by atoms with E-state index >= 15 is 0 Å². The number of benzene rings is 1. The minimum atomic E-state index is 1.07. The Kier molecular flexibility index (Phi) is 1.42. The van der Waals surface area contributed by atoms with Crippen molar-refractivity contribution in [2.24, 2.45) is 0 Å². The van der Waals surface area contributed by atoms with Crippen LogP contribution in [0.5, 0.6) is 0 Å². The first-order valence-electron chi connectivity index (χ1n) is 3.90. The van der Waals surface area contributed by atoms with Gasteiger partial charge in [0.1, 0.15) is 0 Å². The summed E-state index contributed by atoms with van der Waals surface area (Å²) in [6, 6.07) is 6.29. The standard InChI is InChI=1S/C10H11N/c1-2-8-4-3-5-10-9(8)6-7-11-10/h2-5,11H,1,6-7H2. The lowest BCUT2D eigenvalue weighted by atomic mass is 10.1. The van der Waals surface area contributed by atoms with Gasteiger partial charge in [-0.3, -0.25) is 0 Å². The van der Waals surface area contributed by atoms with E-state index in [1.165, 1.54) is 16.8 Å². The van der Waals surface area contributed by atoms with Crippen LogP contribution in [0.3, 0.4) is 0 Å². The van der Waals surface area contributed by atoms with Gasteiger partial charge in [-0.2, -0.15) is 0 Å². The molecule has 1 heterocycles. The molecule has 1 aromatic rings. The fraction of sp³-hybridized carbons (Fsp3) is 0.200. The summed E-state index contributed by atoms with van der Waals surface area (Å²) in [5.74, 6) is 0. The molecule has 0 saturated heterocycles. The van der Waals surface area contributed by atoms with Crippen molar-refractivity contribution in [1.82, 2.24) is 0 Å². The van der Waals surface area contributed by atoms with Crippen LogP contribution in [0.2, 0.25) is 0 Å². The molecule has 0 aliphatic carbocycles. The van der Waals surface area contributed by atoms with Gasteiger partial charge in [-0.25, -0.2) is 0 Å². The van der Waals surface area contributed by atoms with Gasteiger partial charge in [0.15, 0.2) is 0 Å². The van der Waals surface area contributed by atoms with Gasteiger partial charge in [0.25, 0.3) is 0 Å². The Morgan fingerprint density at radius 3 is 3.18 bits per heavy atom. The fourth-order valence-electron chi connectivity index (χ4n) is 1.56. The zero-order valence-electron chi connectivity index (χ0n) is 6.43. The maximum Gasteiger partial charge on any atom is 0.0379 e. The molecular formula is C10H11N. The van der Waals surface area contributed by atoms with E-state index in [-0.39, 0.29) is 0 Å². The maximum absolute atomic E-state index is 3.78. The summed E-state index contributed by atoms with van der Waals surface area (Å²) >= 11 is 0. The molecule has 0 unspecified atom stereocenters. The third kappa shape index (κ3) is 0.929. The maximum atomic E-state index is 3.78. The first-order valence-corrected chi connectivity index (χ1v) is 3.90. The molecule has 0 aromatic heterocycles. The van der Waals surface area contributed by atoms with E-state index in [1.807, 2.05) is 6.08 Å². The lowest BCUT2D eigenvalue weighted by molar-refractivity contribution is 1.10. The van der Waals surface area contributed by atoms with Crippen molar-refractivity contribution in [1.29, 1.82) is 0 Å². The van der Waals surface area contributed by atoms with Gasteiger partial charge >= 0.3 is 0 Å². The lowest BCUT2D eigenvalue weighted by Gasteiger charge is -2.01. The van der Waals surface area contributed by atoms with E-state index in [9.17, 15) is 0 Å². The number of nitrogens with one attached hydrogen (secondary N) is 1. The smallest absolute Gasteiger partial charge is 0.0379 e. The minimum absolute atomic E-state index is 1.07. The monoisotopic (exact) mass is 145 g/mol. The number of anilines is 1. The second-order valence-electron chi connectivity index (χ2n) is 2.75. The van der Waals surface area contributed by atoms with Crippen molar-refractivity contribution in [2.75, 3.05) is 11.9 Å². The van der Waals surface area contributed by atoms with Gasteiger partial charge in [0.2, 0.25) is 0 Å². The number of fused-ring (bicyclic) bond motifs is 1. The second kappa shape index (κ2) is 2.42. The molecule has 0 amide bonds. The van der Waals surface area contributed by atoms with Crippen molar-refractivity contribution in [3.8, 4) is 0 Å². The van der Waals surface area contributed by atoms with Crippen molar-refractivity contribution >= 4 is 11.8 Å². The van der Waals surface area contributed by atoms with Gasteiger partial charge in [-0.15, -0.1) is 0 Å². The molecule has 0 fully saturated rings. The van der Waals surface area contributed by atoms with Gasteiger partial charge < -0.3 is 5.32 Å². The molecule has 0 atom stereocenters. The average molecular weight is 145 g/mol. The summed E-state index contributed by atoms with van der Waals surface area (Å²) in [7, 11) is 0. The van der Waals surface area contributed by atoms with Gasteiger partial charge in [0, 0.05) is 12.2 Å². The topological polar surface area (TPSA) is 12.0 Å². The Labute approximate surface area is 66.7 Å². The number of hydrogen-bond donors (Lipinski definition) is 1. The molecule has 1 aromatic carbocycles. The van der Waals surface area contributed by atoms with Crippen molar-refractivity contribution in [3.63, 3.8) is 0 Å². The third-order valence-corrected chi connectivity index (χ3v) is 2.12. The molecule has 0 bridgehead atoms. The van der Waals surface area contributed by atoms with E-state index < -0.39 is 0 Å². The summed E-state index contributed by atoms with van der Waals surface area (Å²) < 4.78 is 0. The molecule has 0 radical (unpaired) electrons. The lowest BCUT2D eigenvalue weighted by Crippen LogP contribution is -1.90. The molecule has 2 rings (SSSR count). The van der Waals surface area contributed by atoms with Gasteiger partial charge in [0.05, 0.1) is 0 Å². The Hall–Kier alpha value is -1.24. The highest BCUT2D eigenvalue weighted by atomic mass is 14.9. The second-order valence-corrected chi connectivity index (χ2v) is 2.75. The Bertz CT molecular complexity index is 289. The first kappa shape index (κ1) is 6.47. The molecular weight excluding hydrogens is 134 g/mol. The predicted molar refractivity (Wildman–Crippen MR) is 48.7 cm³/mol. The first-order chi connectivity index (χ1) is 5.42. The normalized spacial score (nSPS) is 13.8. The van der Waals surface area contributed by atoms with Crippen molar-refractivity contribution < 1.29 is 0 Å². The Morgan fingerprint density at radius 2 is 2.36 bits per heavy atom. The molecule has 11 heavy (non-hydrogen) atoms. The SMILES string of the molecule is C=Cc1cccc2c1CCN2. The molecule has 0 spiro atoms. The highest BCUT2D eigenvalue weighted by Gasteiger charge is 2.10. The number of rotatable bonds is 1. The molecule has 1 nitrogen and oxygen atoms in total. The van der Waals surface area contributed by atoms with Crippen molar-refractivity contribution in [2.45, 2.75) is 6.42 Å².